The van der Waals surface area contributed by atoms with Crippen molar-refractivity contribution in [1.82, 2.24) is 0 Å². The number of carbonyl (C=O) groups excluding carboxylic acids is 2. The molecule has 1 aromatic rings. The largest absolute Gasteiger partial charge is 0.496 e. The second-order valence-electron chi connectivity index (χ2n) is 2.70. The molecule has 1 radical (unpaired) electrons. The van der Waals surface area contributed by atoms with E-state index in [1.54, 1.807) is 18.4 Å². The van der Waals surface area contributed by atoms with Gasteiger partial charge in [0.2, 0.25) is 12.2 Å². The molecule has 0 aromatic heterocycles. The van der Waals surface area contributed by atoms with Gasteiger partial charge in [0, 0.05) is 18.7 Å². The normalized spacial score (nSPS) is 9.29. The number of rotatable bonds is 3. The minimum Gasteiger partial charge on any atom is -0.496 e. The molecule has 1 N–H and O–H groups in total. The van der Waals surface area contributed by atoms with Crippen molar-refractivity contribution < 1.29 is 14.3 Å². The minimum absolute atomic E-state index is 0.171. The number of carbonyl (C=O) groups is 1. The van der Waals surface area contributed by atoms with E-state index < -0.39 is 0 Å². The van der Waals surface area contributed by atoms with Gasteiger partial charge >= 0.3 is 0 Å². The van der Waals surface area contributed by atoms with Crippen molar-refractivity contribution in [2.24, 2.45) is 0 Å². The highest BCUT2D eigenvalue weighted by atomic mass is 16.5. The Morgan fingerprint density at radius 2 is 2.21 bits per heavy atom. The van der Waals surface area contributed by atoms with Gasteiger partial charge in [0.15, 0.2) is 0 Å². The van der Waals surface area contributed by atoms with Gasteiger partial charge in [-0.25, -0.2) is 0 Å². The van der Waals surface area contributed by atoms with Crippen LogP contribution in [0.15, 0.2) is 18.2 Å². The average Bonchev–Trinajstić information content (AvgIpc) is 2.16. The van der Waals surface area contributed by atoms with E-state index in [2.05, 4.69) is 5.32 Å². The molecule has 1 aromatic carbocycles. The third-order valence-corrected chi connectivity index (χ3v) is 1.63. The molecule has 0 fully saturated rings. The molecule has 0 bridgehead atoms. The van der Waals surface area contributed by atoms with E-state index in [0.717, 1.165) is 0 Å². The topological polar surface area (TPSA) is 55.4 Å². The highest BCUT2D eigenvalue weighted by Crippen LogP contribution is 2.21. The molecule has 0 aliphatic heterocycles. The number of nitrogens with one attached hydrogen (secondary N) is 1. The predicted molar refractivity (Wildman–Crippen MR) is 52.1 cm³/mol. The van der Waals surface area contributed by atoms with Crippen LogP contribution < -0.4 is 10.1 Å². The molecule has 0 atom stereocenters. The monoisotopic (exact) mass is 192 g/mol. The zero-order valence-electron chi connectivity index (χ0n) is 7.96. The first-order chi connectivity index (χ1) is 6.67. The third-order valence-electron chi connectivity index (χ3n) is 1.63. The predicted octanol–water partition coefficient (Wildman–Crippen LogP) is 1.11. The van der Waals surface area contributed by atoms with E-state index in [-0.39, 0.29) is 5.91 Å². The van der Waals surface area contributed by atoms with E-state index >= 15 is 0 Å². The molecule has 4 heteroatoms. The smallest absolute Gasteiger partial charge is 0.237 e. The second kappa shape index (κ2) is 4.41. The number of amides is 1. The summed E-state index contributed by atoms with van der Waals surface area (Å²) in [6.45, 7) is 1.41. The van der Waals surface area contributed by atoms with Crippen LogP contribution in [0.1, 0.15) is 12.5 Å². The Hall–Kier alpha value is -1.84. The Bertz CT molecular complexity index is 360. The van der Waals surface area contributed by atoms with E-state index in [1.165, 1.54) is 20.1 Å². The van der Waals surface area contributed by atoms with Crippen molar-refractivity contribution in [3.05, 3.63) is 23.8 Å². The third kappa shape index (κ3) is 2.32. The van der Waals surface area contributed by atoms with Crippen molar-refractivity contribution in [1.29, 1.82) is 0 Å². The van der Waals surface area contributed by atoms with E-state index in [1.807, 2.05) is 0 Å². The van der Waals surface area contributed by atoms with Gasteiger partial charge in [-0.2, -0.15) is 0 Å². The first-order valence-corrected chi connectivity index (χ1v) is 4.01. The molecular weight excluding hydrogens is 182 g/mol. The Balaban J connectivity index is 3.01. The maximum absolute atomic E-state index is 10.7. The number of anilines is 1. The molecule has 14 heavy (non-hydrogen) atoms. The van der Waals surface area contributed by atoms with Crippen LogP contribution in [0.4, 0.5) is 5.69 Å². The molecule has 0 spiro atoms. The lowest BCUT2D eigenvalue weighted by Gasteiger charge is -2.06. The zero-order valence-corrected chi connectivity index (χ0v) is 7.96. The van der Waals surface area contributed by atoms with Crippen LogP contribution in [0.3, 0.4) is 0 Å². The number of ether oxygens (including phenoxy) is 1. The molecule has 0 heterocycles. The lowest BCUT2D eigenvalue weighted by atomic mass is 10.2. The first kappa shape index (κ1) is 10.2. The van der Waals surface area contributed by atoms with Gasteiger partial charge in [0.25, 0.3) is 0 Å². The van der Waals surface area contributed by atoms with Gasteiger partial charge in [0.05, 0.1) is 12.7 Å². The summed E-state index contributed by atoms with van der Waals surface area (Å²) in [5.74, 6) is 0.223. The Kier molecular flexibility index (Phi) is 3.23. The van der Waals surface area contributed by atoms with Crippen LogP contribution in [-0.2, 0) is 9.59 Å². The van der Waals surface area contributed by atoms with Crippen molar-refractivity contribution in [3.63, 3.8) is 0 Å². The average molecular weight is 192 g/mol. The molecule has 4 nitrogen and oxygen atoms in total. The Labute approximate surface area is 81.9 Å². The Morgan fingerprint density at radius 3 is 2.71 bits per heavy atom. The van der Waals surface area contributed by atoms with Gasteiger partial charge in [0.1, 0.15) is 5.75 Å². The van der Waals surface area contributed by atoms with Crippen LogP contribution in [0, 0.1) is 0 Å². The number of hydrogen-bond donors (Lipinski definition) is 1. The van der Waals surface area contributed by atoms with E-state index in [0.29, 0.717) is 17.0 Å². The van der Waals surface area contributed by atoms with Crippen LogP contribution >= 0.6 is 0 Å². The summed E-state index contributed by atoms with van der Waals surface area (Å²) in [6, 6.07) is 4.73. The standard InChI is InChI=1S/C10H10NO3/c1-7(13)11-9-4-3-8(6-12)10(5-9)14-2/h3-5H,1-2H3,(H,11,13). The number of methoxy groups -OCH3 is 1. The molecule has 1 rings (SSSR count). The molecule has 0 unspecified atom stereocenters. The van der Waals surface area contributed by atoms with Crippen molar-refractivity contribution in [2.45, 2.75) is 6.92 Å². The molecule has 0 aliphatic rings. The minimum atomic E-state index is -0.171. The maximum Gasteiger partial charge on any atom is 0.237 e. The van der Waals surface area contributed by atoms with E-state index in [4.69, 9.17) is 4.74 Å². The fraction of sp³-hybridized carbons (Fsp3) is 0.200. The molecular formula is C10H10NO3. The van der Waals surface area contributed by atoms with Crippen molar-refractivity contribution >= 4 is 17.9 Å². The van der Waals surface area contributed by atoms with Crippen LogP contribution in [0.2, 0.25) is 0 Å². The molecule has 0 saturated carbocycles. The van der Waals surface area contributed by atoms with Gasteiger partial charge in [-0.3, -0.25) is 9.59 Å². The summed E-state index contributed by atoms with van der Waals surface area (Å²) in [5, 5.41) is 2.58. The van der Waals surface area contributed by atoms with E-state index in [9.17, 15) is 9.59 Å². The quantitative estimate of drug-likeness (QED) is 0.780. The SMILES string of the molecule is COc1cc(NC(C)=O)ccc1[C]=O. The van der Waals surface area contributed by atoms with Crippen LogP contribution in [0.5, 0.6) is 5.75 Å². The number of benzene rings is 1. The van der Waals surface area contributed by atoms with Gasteiger partial charge in [-0.05, 0) is 12.1 Å². The molecule has 0 aliphatic carbocycles. The summed E-state index contributed by atoms with van der Waals surface area (Å²) in [7, 11) is 1.45. The fourth-order valence-electron chi connectivity index (χ4n) is 1.06. The van der Waals surface area contributed by atoms with Crippen LogP contribution in [-0.4, -0.2) is 19.3 Å². The highest BCUT2D eigenvalue weighted by Gasteiger charge is 2.04. The van der Waals surface area contributed by atoms with Crippen molar-refractivity contribution in [2.75, 3.05) is 12.4 Å². The van der Waals surface area contributed by atoms with Gasteiger partial charge in [-0.1, -0.05) is 0 Å². The summed E-state index contributed by atoms with van der Waals surface area (Å²) in [4.78, 5) is 21.2. The summed E-state index contributed by atoms with van der Waals surface area (Å²) < 4.78 is 4.94. The number of hydrogen-bond acceptors (Lipinski definition) is 3. The zero-order chi connectivity index (χ0) is 10.6. The summed E-state index contributed by atoms with van der Waals surface area (Å²) >= 11 is 0. The second-order valence-corrected chi connectivity index (χ2v) is 2.70. The Morgan fingerprint density at radius 1 is 1.50 bits per heavy atom. The fourth-order valence-corrected chi connectivity index (χ4v) is 1.06. The first-order valence-electron chi connectivity index (χ1n) is 4.01. The molecule has 0 saturated heterocycles. The summed E-state index contributed by atoms with van der Waals surface area (Å²) in [5.41, 5.74) is 0.926. The van der Waals surface area contributed by atoms with Gasteiger partial charge in [-0.15, -0.1) is 0 Å². The maximum atomic E-state index is 10.7. The van der Waals surface area contributed by atoms with Gasteiger partial charge < -0.3 is 10.1 Å². The van der Waals surface area contributed by atoms with Crippen molar-refractivity contribution in [3.8, 4) is 5.75 Å². The van der Waals surface area contributed by atoms with Crippen LogP contribution in [0.25, 0.3) is 0 Å². The summed E-state index contributed by atoms with van der Waals surface area (Å²) in [6.07, 6.45) is 1.74. The highest BCUT2D eigenvalue weighted by molar-refractivity contribution is 5.90. The molecule has 1 amide bonds. The molecule has 73 valence electrons. The lowest BCUT2D eigenvalue weighted by molar-refractivity contribution is -0.114. The lowest BCUT2D eigenvalue weighted by Crippen LogP contribution is -2.06.